The highest BCUT2D eigenvalue weighted by Gasteiger charge is 1.98. The zero-order valence-electron chi connectivity index (χ0n) is 8.57. The molecule has 0 aliphatic carbocycles. The third kappa shape index (κ3) is 3.69. The summed E-state index contributed by atoms with van der Waals surface area (Å²) < 4.78 is 5.42. The molecule has 0 amide bonds. The van der Waals surface area contributed by atoms with Crippen molar-refractivity contribution in [1.29, 1.82) is 0 Å². The Morgan fingerprint density at radius 1 is 1.29 bits per heavy atom. The van der Waals surface area contributed by atoms with Crippen LogP contribution in [0.15, 0.2) is 24.3 Å². The Morgan fingerprint density at radius 3 is 2.79 bits per heavy atom. The Kier molecular flexibility index (Phi) is 4.90. The highest BCUT2D eigenvalue weighted by atomic mass is 16.5. The number of ether oxygens (including phenoxy) is 1. The van der Waals surface area contributed by atoms with Gasteiger partial charge in [-0.2, -0.15) is 0 Å². The summed E-state index contributed by atoms with van der Waals surface area (Å²) in [5, 5.41) is 9.38. The van der Waals surface area contributed by atoms with Crippen molar-refractivity contribution in [2.24, 2.45) is 0 Å². The third-order valence-corrected chi connectivity index (χ3v) is 2.01. The van der Waals surface area contributed by atoms with Crippen LogP contribution in [0, 0.1) is 6.42 Å². The lowest BCUT2D eigenvalue weighted by atomic mass is 10.2. The molecule has 0 spiro atoms. The molecule has 0 unspecified atom stereocenters. The van der Waals surface area contributed by atoms with E-state index in [1.54, 1.807) is 18.2 Å². The third-order valence-electron chi connectivity index (χ3n) is 2.01. The van der Waals surface area contributed by atoms with Gasteiger partial charge in [0.15, 0.2) is 11.5 Å². The molecule has 14 heavy (non-hydrogen) atoms. The van der Waals surface area contributed by atoms with E-state index < -0.39 is 0 Å². The van der Waals surface area contributed by atoms with Crippen LogP contribution in [-0.4, -0.2) is 11.7 Å². The Labute approximate surface area is 85.5 Å². The topological polar surface area (TPSA) is 29.5 Å². The van der Waals surface area contributed by atoms with Crippen LogP contribution in [0.2, 0.25) is 0 Å². The monoisotopic (exact) mass is 193 g/mol. The number of unbranched alkanes of at least 4 members (excludes halogenated alkanes) is 3. The SMILES string of the molecule is C[CH]CCCCOc1ccccc1O. The first-order valence-corrected chi connectivity index (χ1v) is 5.03. The molecule has 2 heteroatoms. The van der Waals surface area contributed by atoms with Crippen LogP contribution in [0.3, 0.4) is 0 Å². The fourth-order valence-corrected chi connectivity index (χ4v) is 1.21. The van der Waals surface area contributed by atoms with Gasteiger partial charge in [-0.3, -0.25) is 0 Å². The van der Waals surface area contributed by atoms with Gasteiger partial charge in [0.1, 0.15) is 0 Å². The lowest BCUT2D eigenvalue weighted by molar-refractivity contribution is 0.290. The summed E-state index contributed by atoms with van der Waals surface area (Å²) >= 11 is 0. The zero-order valence-corrected chi connectivity index (χ0v) is 8.57. The summed E-state index contributed by atoms with van der Waals surface area (Å²) in [5.74, 6) is 0.794. The zero-order chi connectivity index (χ0) is 10.2. The predicted molar refractivity (Wildman–Crippen MR) is 57.4 cm³/mol. The first-order valence-electron chi connectivity index (χ1n) is 5.03. The van der Waals surface area contributed by atoms with Gasteiger partial charge in [0.2, 0.25) is 0 Å². The molecule has 1 aromatic rings. The van der Waals surface area contributed by atoms with Gasteiger partial charge in [0.25, 0.3) is 0 Å². The fourth-order valence-electron chi connectivity index (χ4n) is 1.21. The smallest absolute Gasteiger partial charge is 0.160 e. The summed E-state index contributed by atoms with van der Waals surface area (Å²) in [6.07, 6.45) is 5.45. The van der Waals surface area contributed by atoms with Crippen LogP contribution in [0.4, 0.5) is 0 Å². The molecule has 0 heterocycles. The first kappa shape index (κ1) is 10.9. The molecule has 1 N–H and O–H groups in total. The average molecular weight is 193 g/mol. The molecule has 0 aromatic heterocycles. The van der Waals surface area contributed by atoms with Gasteiger partial charge in [0, 0.05) is 0 Å². The van der Waals surface area contributed by atoms with Crippen molar-refractivity contribution in [2.45, 2.75) is 26.2 Å². The molecule has 0 saturated carbocycles. The van der Waals surface area contributed by atoms with E-state index in [-0.39, 0.29) is 5.75 Å². The molecular weight excluding hydrogens is 176 g/mol. The summed E-state index contributed by atoms with van der Waals surface area (Å²) in [6, 6.07) is 7.06. The van der Waals surface area contributed by atoms with Gasteiger partial charge < -0.3 is 9.84 Å². The van der Waals surface area contributed by atoms with Gasteiger partial charge >= 0.3 is 0 Å². The Morgan fingerprint density at radius 2 is 2.07 bits per heavy atom. The molecule has 0 bridgehead atoms. The van der Waals surface area contributed by atoms with Gasteiger partial charge in [-0.25, -0.2) is 0 Å². The fraction of sp³-hybridized carbons (Fsp3) is 0.417. The normalized spacial score (nSPS) is 10.1. The molecule has 0 aliphatic rings. The van der Waals surface area contributed by atoms with Crippen molar-refractivity contribution in [1.82, 2.24) is 0 Å². The maximum absolute atomic E-state index is 9.38. The Bertz CT molecular complexity index is 258. The van der Waals surface area contributed by atoms with Crippen LogP contribution < -0.4 is 4.74 Å². The maximum Gasteiger partial charge on any atom is 0.160 e. The number of hydrogen-bond acceptors (Lipinski definition) is 2. The van der Waals surface area contributed by atoms with Crippen molar-refractivity contribution in [3.05, 3.63) is 30.7 Å². The largest absolute Gasteiger partial charge is 0.504 e. The number of para-hydroxylation sites is 2. The second kappa shape index (κ2) is 6.30. The van der Waals surface area contributed by atoms with Crippen molar-refractivity contribution in [3.8, 4) is 11.5 Å². The van der Waals surface area contributed by atoms with Gasteiger partial charge in [-0.15, -0.1) is 0 Å². The summed E-state index contributed by atoms with van der Waals surface area (Å²) in [6.45, 7) is 2.73. The molecule has 0 atom stereocenters. The van der Waals surface area contributed by atoms with Crippen LogP contribution in [0.1, 0.15) is 26.2 Å². The number of hydrogen-bond donors (Lipinski definition) is 1. The van der Waals surface area contributed by atoms with E-state index in [2.05, 4.69) is 13.3 Å². The molecular formula is C12H17O2. The second-order valence-electron chi connectivity index (χ2n) is 3.22. The van der Waals surface area contributed by atoms with E-state index in [0.29, 0.717) is 12.4 Å². The summed E-state index contributed by atoms with van der Waals surface area (Å²) in [4.78, 5) is 0. The highest BCUT2D eigenvalue weighted by Crippen LogP contribution is 2.24. The van der Waals surface area contributed by atoms with E-state index in [0.717, 1.165) is 19.3 Å². The van der Waals surface area contributed by atoms with Gasteiger partial charge in [-0.05, 0) is 31.4 Å². The first-order chi connectivity index (χ1) is 6.84. The predicted octanol–water partition coefficient (Wildman–Crippen LogP) is 3.17. The molecule has 0 saturated heterocycles. The number of benzene rings is 1. The van der Waals surface area contributed by atoms with E-state index >= 15 is 0 Å². The maximum atomic E-state index is 9.38. The quantitative estimate of drug-likeness (QED) is 0.703. The molecule has 2 nitrogen and oxygen atoms in total. The van der Waals surface area contributed by atoms with Crippen LogP contribution in [0.5, 0.6) is 11.5 Å². The van der Waals surface area contributed by atoms with Crippen LogP contribution >= 0.6 is 0 Å². The van der Waals surface area contributed by atoms with Gasteiger partial charge in [0.05, 0.1) is 6.61 Å². The van der Waals surface area contributed by atoms with E-state index in [1.807, 2.05) is 6.07 Å². The minimum atomic E-state index is 0.217. The van der Waals surface area contributed by atoms with Crippen molar-refractivity contribution < 1.29 is 9.84 Å². The van der Waals surface area contributed by atoms with Crippen LogP contribution in [-0.2, 0) is 0 Å². The number of rotatable bonds is 6. The highest BCUT2D eigenvalue weighted by molar-refractivity contribution is 5.37. The van der Waals surface area contributed by atoms with E-state index in [9.17, 15) is 5.11 Å². The molecule has 77 valence electrons. The molecule has 0 fully saturated rings. The Hall–Kier alpha value is -1.18. The molecule has 1 rings (SSSR count). The number of phenols is 1. The lowest BCUT2D eigenvalue weighted by Crippen LogP contribution is -1.97. The van der Waals surface area contributed by atoms with E-state index in [1.165, 1.54) is 0 Å². The molecule has 1 radical (unpaired) electrons. The minimum absolute atomic E-state index is 0.217. The minimum Gasteiger partial charge on any atom is -0.504 e. The Balaban J connectivity index is 2.21. The number of phenolic OH excluding ortho intramolecular Hbond substituents is 1. The lowest BCUT2D eigenvalue weighted by Gasteiger charge is -2.06. The summed E-state index contributed by atoms with van der Waals surface area (Å²) in [7, 11) is 0. The summed E-state index contributed by atoms with van der Waals surface area (Å²) in [5.41, 5.74) is 0. The second-order valence-corrected chi connectivity index (χ2v) is 3.22. The van der Waals surface area contributed by atoms with E-state index in [4.69, 9.17) is 4.74 Å². The molecule has 1 aromatic carbocycles. The average Bonchev–Trinajstić information content (AvgIpc) is 2.20. The van der Waals surface area contributed by atoms with Crippen LogP contribution in [0.25, 0.3) is 0 Å². The standard InChI is InChI=1S/C12H17O2/c1-2-3-4-7-10-14-12-9-6-5-8-11(12)13/h2,5-6,8-9,13H,3-4,7,10H2,1H3. The van der Waals surface area contributed by atoms with Crippen molar-refractivity contribution in [3.63, 3.8) is 0 Å². The number of aromatic hydroxyl groups is 1. The van der Waals surface area contributed by atoms with Crippen molar-refractivity contribution >= 4 is 0 Å². The molecule has 0 aliphatic heterocycles. The van der Waals surface area contributed by atoms with Gasteiger partial charge in [-0.1, -0.05) is 25.5 Å². The van der Waals surface area contributed by atoms with Crippen molar-refractivity contribution in [2.75, 3.05) is 6.61 Å².